The molecule has 4 heteroatoms. The fraction of sp³-hybridized carbons (Fsp3) is 0.714. The summed E-state index contributed by atoms with van der Waals surface area (Å²) in [6.45, 7) is 6.85. The van der Waals surface area contributed by atoms with Crippen LogP contribution < -0.4 is 5.73 Å². The molecule has 0 aromatic carbocycles. The topological polar surface area (TPSA) is 29.3 Å². The SMILES string of the molecule is CC(C)(C(N)c1ccc(Cl)s1)N1CCCCCC1. The van der Waals surface area contributed by atoms with Gasteiger partial charge in [0, 0.05) is 10.4 Å². The molecular formula is C14H23ClN2S. The zero-order chi connectivity index (χ0) is 13.2. The molecule has 2 N–H and O–H groups in total. The number of nitrogens with zero attached hydrogens (tertiary/aromatic N) is 1. The van der Waals surface area contributed by atoms with Crippen LogP contribution in [0, 0.1) is 0 Å². The van der Waals surface area contributed by atoms with Crippen LogP contribution in [-0.4, -0.2) is 23.5 Å². The summed E-state index contributed by atoms with van der Waals surface area (Å²) in [6.07, 6.45) is 5.29. The summed E-state index contributed by atoms with van der Waals surface area (Å²) < 4.78 is 0.826. The molecule has 0 saturated carbocycles. The van der Waals surface area contributed by atoms with Crippen LogP contribution >= 0.6 is 22.9 Å². The molecule has 1 aliphatic rings. The van der Waals surface area contributed by atoms with Crippen LogP contribution in [0.4, 0.5) is 0 Å². The maximum atomic E-state index is 6.48. The second-order valence-corrected chi connectivity index (χ2v) is 7.42. The average molecular weight is 287 g/mol. The van der Waals surface area contributed by atoms with Crippen molar-refractivity contribution in [1.82, 2.24) is 4.90 Å². The van der Waals surface area contributed by atoms with Gasteiger partial charge in [0.15, 0.2) is 0 Å². The third-order valence-electron chi connectivity index (χ3n) is 4.08. The number of halogens is 1. The summed E-state index contributed by atoms with van der Waals surface area (Å²) in [5.41, 5.74) is 6.48. The van der Waals surface area contributed by atoms with E-state index in [-0.39, 0.29) is 11.6 Å². The maximum Gasteiger partial charge on any atom is 0.0931 e. The normalized spacial score (nSPS) is 20.7. The smallest absolute Gasteiger partial charge is 0.0931 e. The molecule has 0 amide bonds. The Morgan fingerprint density at radius 3 is 2.33 bits per heavy atom. The number of hydrogen-bond donors (Lipinski definition) is 1. The molecule has 1 fully saturated rings. The Morgan fingerprint density at radius 2 is 1.83 bits per heavy atom. The Morgan fingerprint density at radius 1 is 1.22 bits per heavy atom. The standard InChI is InChI=1S/C14H23ClN2S/c1-14(2,17-9-5-3-4-6-10-17)13(16)11-7-8-12(15)18-11/h7-8,13H,3-6,9-10,16H2,1-2H3. The van der Waals surface area contributed by atoms with E-state index in [1.165, 1.54) is 43.6 Å². The van der Waals surface area contributed by atoms with Crippen molar-refractivity contribution in [2.45, 2.75) is 51.1 Å². The van der Waals surface area contributed by atoms with Crippen molar-refractivity contribution in [2.75, 3.05) is 13.1 Å². The fourth-order valence-corrected chi connectivity index (χ4v) is 3.93. The minimum Gasteiger partial charge on any atom is -0.322 e. The zero-order valence-electron chi connectivity index (χ0n) is 11.3. The van der Waals surface area contributed by atoms with Crippen molar-refractivity contribution >= 4 is 22.9 Å². The van der Waals surface area contributed by atoms with Crippen LogP contribution in [0.2, 0.25) is 4.34 Å². The van der Waals surface area contributed by atoms with Gasteiger partial charge < -0.3 is 5.73 Å². The van der Waals surface area contributed by atoms with E-state index in [0.29, 0.717) is 0 Å². The van der Waals surface area contributed by atoms with Crippen LogP contribution in [0.5, 0.6) is 0 Å². The molecule has 1 aromatic rings. The van der Waals surface area contributed by atoms with E-state index in [4.69, 9.17) is 17.3 Å². The van der Waals surface area contributed by atoms with Crippen molar-refractivity contribution in [1.29, 1.82) is 0 Å². The van der Waals surface area contributed by atoms with E-state index in [1.807, 2.05) is 6.07 Å². The largest absolute Gasteiger partial charge is 0.322 e. The number of likely N-dealkylation sites (tertiary alicyclic amines) is 1. The minimum atomic E-state index is -0.00147. The number of nitrogens with two attached hydrogens (primary N) is 1. The molecule has 0 spiro atoms. The van der Waals surface area contributed by atoms with Gasteiger partial charge in [0.25, 0.3) is 0 Å². The quantitative estimate of drug-likeness (QED) is 0.908. The van der Waals surface area contributed by atoms with Gasteiger partial charge in [-0.15, -0.1) is 11.3 Å². The van der Waals surface area contributed by atoms with E-state index in [9.17, 15) is 0 Å². The van der Waals surface area contributed by atoms with Crippen LogP contribution in [-0.2, 0) is 0 Å². The Balaban J connectivity index is 2.13. The highest BCUT2D eigenvalue weighted by Crippen LogP contribution is 2.35. The lowest BCUT2D eigenvalue weighted by Crippen LogP contribution is -2.51. The van der Waals surface area contributed by atoms with Gasteiger partial charge in [0.1, 0.15) is 0 Å². The molecular weight excluding hydrogens is 264 g/mol. The van der Waals surface area contributed by atoms with Crippen molar-refractivity contribution in [3.05, 3.63) is 21.3 Å². The lowest BCUT2D eigenvalue weighted by atomic mass is 9.91. The molecule has 1 atom stereocenters. The Kier molecular flexibility index (Phi) is 4.70. The zero-order valence-corrected chi connectivity index (χ0v) is 12.9. The van der Waals surface area contributed by atoms with Crippen LogP contribution in [0.15, 0.2) is 12.1 Å². The second kappa shape index (κ2) is 5.91. The molecule has 0 aliphatic carbocycles. The molecule has 0 bridgehead atoms. The molecule has 102 valence electrons. The summed E-state index contributed by atoms with van der Waals surface area (Å²) in [5, 5.41) is 0. The minimum absolute atomic E-state index is 0.00147. The summed E-state index contributed by atoms with van der Waals surface area (Å²) in [5.74, 6) is 0. The van der Waals surface area contributed by atoms with Gasteiger partial charge >= 0.3 is 0 Å². The third kappa shape index (κ3) is 3.08. The summed E-state index contributed by atoms with van der Waals surface area (Å²) in [4.78, 5) is 3.74. The molecule has 1 aromatic heterocycles. The Hall–Kier alpha value is -0.0900. The predicted octanol–water partition coefficient (Wildman–Crippen LogP) is 4.06. The predicted molar refractivity (Wildman–Crippen MR) is 80.4 cm³/mol. The maximum absolute atomic E-state index is 6.48. The van der Waals surface area contributed by atoms with Crippen LogP contribution in [0.3, 0.4) is 0 Å². The van der Waals surface area contributed by atoms with E-state index in [0.717, 1.165) is 4.34 Å². The molecule has 2 rings (SSSR count). The van der Waals surface area contributed by atoms with Gasteiger partial charge in [-0.25, -0.2) is 0 Å². The summed E-state index contributed by atoms with van der Waals surface area (Å²) >= 11 is 7.62. The van der Waals surface area contributed by atoms with Crippen molar-refractivity contribution in [3.63, 3.8) is 0 Å². The number of hydrogen-bond acceptors (Lipinski definition) is 3. The van der Waals surface area contributed by atoms with E-state index in [1.54, 1.807) is 11.3 Å². The highest BCUT2D eigenvalue weighted by Gasteiger charge is 2.34. The van der Waals surface area contributed by atoms with E-state index < -0.39 is 0 Å². The molecule has 1 aliphatic heterocycles. The van der Waals surface area contributed by atoms with Gasteiger partial charge in [-0.1, -0.05) is 24.4 Å². The molecule has 1 unspecified atom stereocenters. The molecule has 2 nitrogen and oxygen atoms in total. The lowest BCUT2D eigenvalue weighted by Gasteiger charge is -2.42. The number of rotatable bonds is 3. The summed E-state index contributed by atoms with van der Waals surface area (Å²) in [7, 11) is 0. The Labute approximate surface area is 119 Å². The van der Waals surface area contributed by atoms with Gasteiger partial charge in [-0.3, -0.25) is 4.90 Å². The van der Waals surface area contributed by atoms with E-state index in [2.05, 4.69) is 24.8 Å². The first-order chi connectivity index (χ1) is 8.51. The van der Waals surface area contributed by atoms with Crippen LogP contribution in [0.25, 0.3) is 0 Å². The van der Waals surface area contributed by atoms with Gasteiger partial charge in [-0.05, 0) is 51.9 Å². The first-order valence-corrected chi connectivity index (χ1v) is 7.97. The summed E-state index contributed by atoms with van der Waals surface area (Å²) in [6, 6.07) is 4.05. The fourth-order valence-electron chi connectivity index (χ4n) is 2.69. The molecule has 1 saturated heterocycles. The Bertz CT molecular complexity index is 381. The highest BCUT2D eigenvalue weighted by molar-refractivity contribution is 7.16. The van der Waals surface area contributed by atoms with Crippen molar-refractivity contribution in [2.24, 2.45) is 5.73 Å². The van der Waals surface area contributed by atoms with Crippen molar-refractivity contribution < 1.29 is 0 Å². The highest BCUT2D eigenvalue weighted by atomic mass is 35.5. The second-order valence-electron chi connectivity index (χ2n) is 5.67. The first-order valence-electron chi connectivity index (χ1n) is 6.77. The van der Waals surface area contributed by atoms with Crippen molar-refractivity contribution in [3.8, 4) is 0 Å². The van der Waals surface area contributed by atoms with Gasteiger partial charge in [0.2, 0.25) is 0 Å². The third-order valence-corrected chi connectivity index (χ3v) is 5.40. The van der Waals surface area contributed by atoms with Crippen LogP contribution in [0.1, 0.15) is 50.4 Å². The molecule has 18 heavy (non-hydrogen) atoms. The lowest BCUT2D eigenvalue weighted by molar-refractivity contribution is 0.0991. The average Bonchev–Trinajstić information content (AvgIpc) is 2.61. The molecule has 2 heterocycles. The van der Waals surface area contributed by atoms with E-state index >= 15 is 0 Å². The monoisotopic (exact) mass is 286 g/mol. The first kappa shape index (κ1) is 14.3. The van der Waals surface area contributed by atoms with Gasteiger partial charge in [0.05, 0.1) is 10.4 Å². The van der Waals surface area contributed by atoms with Gasteiger partial charge in [-0.2, -0.15) is 0 Å². The molecule has 0 radical (unpaired) electrons. The number of thiophene rings is 1.